The normalized spacial score (nSPS) is 22.4. The zero-order chi connectivity index (χ0) is 11.3. The van der Waals surface area contributed by atoms with E-state index in [-0.39, 0.29) is 0 Å². The Morgan fingerprint density at radius 2 is 1.80 bits per heavy atom. The fourth-order valence-electron chi connectivity index (χ4n) is 2.20. The molecule has 1 saturated carbocycles. The number of nitrogen functional groups attached to an aromatic ring is 1. The van der Waals surface area contributed by atoms with Gasteiger partial charge in [0.2, 0.25) is 0 Å². The second kappa shape index (κ2) is 2.87. The summed E-state index contributed by atoms with van der Waals surface area (Å²) in [6.07, 6.45) is 1.69. The lowest BCUT2D eigenvalue weighted by Gasteiger charge is -2.06. The predicted molar refractivity (Wildman–Crippen MR) is 63.6 cm³/mol. The maximum atomic E-state index is 5.59. The second-order valence-electron chi connectivity index (χ2n) is 5.50. The molecule has 3 nitrogen and oxygen atoms in total. The van der Waals surface area contributed by atoms with E-state index in [4.69, 9.17) is 5.73 Å². The van der Waals surface area contributed by atoms with E-state index < -0.39 is 0 Å². The molecule has 0 bridgehead atoms. The van der Waals surface area contributed by atoms with E-state index in [0.29, 0.717) is 22.6 Å². The molecule has 82 valence electrons. The van der Waals surface area contributed by atoms with Crippen molar-refractivity contribution in [3.63, 3.8) is 0 Å². The maximum Gasteiger partial charge on any atom is 0.126 e. The Hall–Kier alpha value is -1.25. The number of anilines is 2. The van der Waals surface area contributed by atoms with Gasteiger partial charge in [0.05, 0.1) is 11.9 Å². The Bertz CT molecular complexity index is 351. The van der Waals surface area contributed by atoms with Crippen molar-refractivity contribution in [2.45, 2.75) is 33.7 Å². The molecular weight excluding hydrogens is 186 g/mol. The fourth-order valence-corrected chi connectivity index (χ4v) is 2.20. The van der Waals surface area contributed by atoms with Gasteiger partial charge in [0.1, 0.15) is 5.82 Å². The summed E-state index contributed by atoms with van der Waals surface area (Å²) in [6.45, 7) is 9.12. The summed E-state index contributed by atoms with van der Waals surface area (Å²) in [6, 6.07) is 4.29. The molecule has 1 aliphatic rings. The van der Waals surface area contributed by atoms with Crippen LogP contribution in [0.2, 0.25) is 0 Å². The first-order chi connectivity index (χ1) is 6.85. The van der Waals surface area contributed by atoms with Crippen molar-refractivity contribution in [1.82, 2.24) is 4.98 Å². The molecule has 0 aromatic carbocycles. The van der Waals surface area contributed by atoms with Gasteiger partial charge in [-0.2, -0.15) is 0 Å². The van der Waals surface area contributed by atoms with Crippen LogP contribution in [0.1, 0.15) is 27.7 Å². The van der Waals surface area contributed by atoms with E-state index in [0.717, 1.165) is 5.82 Å². The third-order valence-corrected chi connectivity index (χ3v) is 4.10. The molecule has 0 spiro atoms. The van der Waals surface area contributed by atoms with Crippen LogP contribution in [0.15, 0.2) is 18.3 Å². The highest BCUT2D eigenvalue weighted by molar-refractivity contribution is 5.47. The average molecular weight is 205 g/mol. The molecule has 2 rings (SSSR count). The number of nitrogens with two attached hydrogens (primary N) is 1. The van der Waals surface area contributed by atoms with Gasteiger partial charge in [-0.1, -0.05) is 27.7 Å². The van der Waals surface area contributed by atoms with Crippen LogP contribution in [-0.4, -0.2) is 11.0 Å². The number of aromatic nitrogens is 1. The number of hydrogen-bond acceptors (Lipinski definition) is 3. The van der Waals surface area contributed by atoms with Crippen LogP contribution >= 0.6 is 0 Å². The smallest absolute Gasteiger partial charge is 0.126 e. The third kappa shape index (κ3) is 1.46. The highest BCUT2D eigenvalue weighted by Gasteiger charge is 2.65. The molecule has 3 N–H and O–H groups in total. The number of hydrogen-bond donors (Lipinski definition) is 2. The monoisotopic (exact) mass is 205 g/mol. The van der Waals surface area contributed by atoms with Crippen LogP contribution in [0, 0.1) is 10.8 Å². The predicted octanol–water partition coefficient (Wildman–Crippen LogP) is 2.51. The van der Waals surface area contributed by atoms with Crippen molar-refractivity contribution in [2.24, 2.45) is 10.8 Å². The van der Waals surface area contributed by atoms with Gasteiger partial charge in [-0.25, -0.2) is 4.98 Å². The molecule has 1 fully saturated rings. The van der Waals surface area contributed by atoms with Crippen molar-refractivity contribution < 1.29 is 0 Å². The molecule has 0 radical (unpaired) electrons. The molecule has 3 heteroatoms. The Morgan fingerprint density at radius 1 is 1.20 bits per heavy atom. The largest absolute Gasteiger partial charge is 0.397 e. The van der Waals surface area contributed by atoms with Gasteiger partial charge in [0.15, 0.2) is 0 Å². The minimum atomic E-state index is 0.329. The summed E-state index contributed by atoms with van der Waals surface area (Å²) < 4.78 is 0. The quantitative estimate of drug-likeness (QED) is 0.780. The molecule has 0 saturated heterocycles. The fraction of sp³-hybridized carbons (Fsp3) is 0.583. The van der Waals surface area contributed by atoms with Crippen molar-refractivity contribution in [3.8, 4) is 0 Å². The lowest BCUT2D eigenvalue weighted by molar-refractivity contribution is 0.457. The Balaban J connectivity index is 2.09. The molecule has 1 heterocycles. The van der Waals surface area contributed by atoms with Crippen molar-refractivity contribution >= 4 is 11.5 Å². The number of pyridine rings is 1. The van der Waals surface area contributed by atoms with E-state index in [9.17, 15) is 0 Å². The highest BCUT2D eigenvalue weighted by atomic mass is 15.1. The third-order valence-electron chi connectivity index (χ3n) is 4.10. The van der Waals surface area contributed by atoms with E-state index in [2.05, 4.69) is 38.0 Å². The zero-order valence-corrected chi connectivity index (χ0v) is 9.83. The van der Waals surface area contributed by atoms with Gasteiger partial charge >= 0.3 is 0 Å². The first kappa shape index (κ1) is 10.3. The molecular formula is C12H19N3. The summed E-state index contributed by atoms with van der Waals surface area (Å²) in [5.41, 5.74) is 6.95. The molecule has 0 unspecified atom stereocenters. The van der Waals surface area contributed by atoms with Gasteiger partial charge in [0, 0.05) is 6.04 Å². The molecule has 1 aromatic rings. The molecule has 1 aliphatic carbocycles. The van der Waals surface area contributed by atoms with Crippen LogP contribution in [0.3, 0.4) is 0 Å². The summed E-state index contributed by atoms with van der Waals surface area (Å²) in [5.74, 6) is 0.910. The first-order valence-electron chi connectivity index (χ1n) is 5.34. The number of nitrogens with zero attached hydrogens (tertiary/aromatic N) is 1. The van der Waals surface area contributed by atoms with Gasteiger partial charge in [-0.3, -0.25) is 0 Å². The second-order valence-corrected chi connectivity index (χ2v) is 5.50. The topological polar surface area (TPSA) is 50.9 Å². The summed E-state index contributed by atoms with van der Waals surface area (Å²) in [5, 5.41) is 3.46. The van der Waals surface area contributed by atoms with E-state index in [1.165, 1.54) is 0 Å². The molecule has 1 aromatic heterocycles. The van der Waals surface area contributed by atoms with Gasteiger partial charge < -0.3 is 11.1 Å². The molecule has 0 amide bonds. The summed E-state index contributed by atoms with van der Waals surface area (Å²) >= 11 is 0. The van der Waals surface area contributed by atoms with Gasteiger partial charge in [-0.05, 0) is 23.0 Å². The molecule has 15 heavy (non-hydrogen) atoms. The van der Waals surface area contributed by atoms with Crippen molar-refractivity contribution in [1.29, 1.82) is 0 Å². The van der Waals surface area contributed by atoms with Crippen LogP contribution in [0.25, 0.3) is 0 Å². The zero-order valence-electron chi connectivity index (χ0n) is 9.83. The van der Waals surface area contributed by atoms with Crippen LogP contribution in [0.5, 0.6) is 0 Å². The van der Waals surface area contributed by atoms with Crippen LogP contribution in [0.4, 0.5) is 11.5 Å². The van der Waals surface area contributed by atoms with E-state index in [1.54, 1.807) is 6.20 Å². The maximum absolute atomic E-state index is 5.59. The number of nitrogens with one attached hydrogen (secondary N) is 1. The van der Waals surface area contributed by atoms with Gasteiger partial charge in [0.25, 0.3) is 0 Å². The molecule has 0 atom stereocenters. The Morgan fingerprint density at radius 3 is 2.20 bits per heavy atom. The average Bonchev–Trinajstić information content (AvgIpc) is 2.52. The Kier molecular flexibility index (Phi) is 1.97. The Labute approximate surface area is 91.1 Å². The highest BCUT2D eigenvalue weighted by Crippen LogP contribution is 2.63. The number of rotatable bonds is 2. The van der Waals surface area contributed by atoms with Crippen LogP contribution in [-0.2, 0) is 0 Å². The standard InChI is InChI=1S/C12H19N3/c1-11(2)10(12(11,3)4)15-9-6-5-8(13)7-14-9/h5-7,10H,13H2,1-4H3,(H,14,15). The lowest BCUT2D eigenvalue weighted by atomic mass is 10.0. The lowest BCUT2D eigenvalue weighted by Crippen LogP contribution is -2.11. The summed E-state index contributed by atoms with van der Waals surface area (Å²) in [4.78, 5) is 4.25. The summed E-state index contributed by atoms with van der Waals surface area (Å²) in [7, 11) is 0. The van der Waals surface area contributed by atoms with E-state index in [1.807, 2.05) is 12.1 Å². The molecule has 0 aliphatic heterocycles. The van der Waals surface area contributed by atoms with Crippen molar-refractivity contribution in [3.05, 3.63) is 18.3 Å². The van der Waals surface area contributed by atoms with Crippen LogP contribution < -0.4 is 11.1 Å². The first-order valence-corrected chi connectivity index (χ1v) is 5.34. The SMILES string of the molecule is CC1(C)C(Nc2ccc(N)cn2)C1(C)C. The minimum Gasteiger partial charge on any atom is -0.397 e. The van der Waals surface area contributed by atoms with E-state index >= 15 is 0 Å². The van der Waals surface area contributed by atoms with Crippen molar-refractivity contribution in [2.75, 3.05) is 11.1 Å². The van der Waals surface area contributed by atoms with Gasteiger partial charge in [-0.15, -0.1) is 0 Å². The minimum absolute atomic E-state index is 0.329.